The smallest absolute Gasteiger partial charge is 0.270 e. The average molecular weight is 491 g/mol. The van der Waals surface area contributed by atoms with Crippen LogP contribution in [0, 0.1) is 18.3 Å². The molecule has 7 nitrogen and oxygen atoms in total. The molecule has 1 fully saturated rings. The van der Waals surface area contributed by atoms with Crippen LogP contribution in [-0.2, 0) is 24.4 Å². The van der Waals surface area contributed by atoms with E-state index in [2.05, 4.69) is 5.32 Å². The molecule has 2 aromatic heterocycles. The number of nitrogens with zero attached hydrogens (tertiary/aromatic N) is 3. The van der Waals surface area contributed by atoms with Gasteiger partial charge in [0.15, 0.2) is 0 Å². The third kappa shape index (κ3) is 4.55. The Balaban J connectivity index is 1.76. The molecule has 9 heteroatoms. The van der Waals surface area contributed by atoms with E-state index < -0.39 is 0 Å². The average Bonchev–Trinajstić information content (AvgIpc) is 3.45. The number of amides is 1. The fraction of sp³-hybridized carbons (Fsp3) is 0.200. The van der Waals surface area contributed by atoms with E-state index in [-0.39, 0.29) is 17.0 Å². The molecule has 3 heterocycles. The van der Waals surface area contributed by atoms with Crippen molar-refractivity contribution in [3.05, 3.63) is 92.0 Å². The van der Waals surface area contributed by atoms with Crippen molar-refractivity contribution in [1.82, 2.24) is 9.47 Å². The summed E-state index contributed by atoms with van der Waals surface area (Å²) in [4.78, 5) is 28.2. The lowest BCUT2D eigenvalue weighted by atomic mass is 10.0. The van der Waals surface area contributed by atoms with E-state index in [0.29, 0.717) is 51.6 Å². The number of rotatable bonds is 7. The highest BCUT2D eigenvalue weighted by Crippen LogP contribution is 2.35. The van der Waals surface area contributed by atoms with Gasteiger partial charge in [-0.2, -0.15) is 5.26 Å². The number of aromatic nitrogens is 1. The van der Waals surface area contributed by atoms with Gasteiger partial charge < -0.3 is 9.73 Å². The number of anilines is 1. The second kappa shape index (κ2) is 10.1. The minimum atomic E-state index is -0.377. The van der Waals surface area contributed by atoms with Crippen LogP contribution in [0.2, 0.25) is 0 Å². The van der Waals surface area contributed by atoms with Gasteiger partial charge >= 0.3 is 0 Å². The number of pyridine rings is 1. The number of thiocarbonyl (C=S) groups is 1. The topological polar surface area (TPSA) is 91.3 Å². The first-order valence-corrected chi connectivity index (χ1v) is 11.9. The predicted molar refractivity (Wildman–Crippen MR) is 137 cm³/mol. The van der Waals surface area contributed by atoms with Crippen molar-refractivity contribution in [3.63, 3.8) is 0 Å². The van der Waals surface area contributed by atoms with Crippen LogP contribution in [0.4, 0.5) is 5.82 Å². The third-order valence-corrected chi connectivity index (χ3v) is 6.91. The number of hydrogen-bond donors (Lipinski definition) is 1. The van der Waals surface area contributed by atoms with Gasteiger partial charge in [-0.3, -0.25) is 19.1 Å². The molecule has 4 rings (SSSR count). The summed E-state index contributed by atoms with van der Waals surface area (Å²) in [5.41, 5.74) is 1.76. The normalized spacial score (nSPS) is 14.6. The molecule has 172 valence electrons. The Labute approximate surface area is 206 Å². The second-order valence-corrected chi connectivity index (χ2v) is 9.29. The standard InChI is InChI=1S/C25H22N4O3S2/c1-3-28-22(27-14-18-10-7-11-32-18)19(16(2)20(13-26)23(28)30)12-21-24(31)29(25(33)34-21)15-17-8-5-4-6-9-17/h4-12,27H,3,14-15H2,1-2H3/b21-12-. The lowest BCUT2D eigenvalue weighted by Crippen LogP contribution is -2.28. The van der Waals surface area contributed by atoms with Crippen LogP contribution in [0.3, 0.4) is 0 Å². The molecule has 0 atom stereocenters. The van der Waals surface area contributed by atoms with Gasteiger partial charge in [0.05, 0.1) is 24.3 Å². The number of hydrogen-bond acceptors (Lipinski definition) is 7. The summed E-state index contributed by atoms with van der Waals surface area (Å²) in [7, 11) is 0. The molecule has 0 saturated carbocycles. The Kier molecular flexibility index (Phi) is 7.01. The van der Waals surface area contributed by atoms with Crippen molar-refractivity contribution in [3.8, 4) is 6.07 Å². The van der Waals surface area contributed by atoms with Crippen LogP contribution in [0.25, 0.3) is 6.08 Å². The van der Waals surface area contributed by atoms with Gasteiger partial charge in [-0.1, -0.05) is 54.3 Å². The molecule has 1 saturated heterocycles. The van der Waals surface area contributed by atoms with E-state index in [4.69, 9.17) is 16.6 Å². The Morgan fingerprint density at radius 3 is 2.62 bits per heavy atom. The number of nitriles is 1. The molecule has 0 aliphatic carbocycles. The monoisotopic (exact) mass is 490 g/mol. The fourth-order valence-electron chi connectivity index (χ4n) is 3.77. The molecule has 0 spiro atoms. The van der Waals surface area contributed by atoms with Gasteiger partial charge in [-0.15, -0.1) is 0 Å². The van der Waals surface area contributed by atoms with Crippen LogP contribution >= 0.6 is 24.0 Å². The van der Waals surface area contributed by atoms with E-state index in [0.717, 1.165) is 5.56 Å². The van der Waals surface area contributed by atoms with Crippen molar-refractivity contribution in [1.29, 1.82) is 5.26 Å². The summed E-state index contributed by atoms with van der Waals surface area (Å²) in [5, 5.41) is 12.9. The molecule has 1 aliphatic heterocycles. The molecule has 34 heavy (non-hydrogen) atoms. The Hall–Kier alpha value is -3.61. The van der Waals surface area contributed by atoms with Crippen LogP contribution in [0.5, 0.6) is 0 Å². The SMILES string of the molecule is CCn1c(NCc2ccco2)c(/C=C2\SC(=S)N(Cc3ccccc3)C2=O)c(C)c(C#N)c1=O. The first-order valence-electron chi connectivity index (χ1n) is 10.7. The maximum atomic E-state index is 13.2. The molecule has 1 aliphatic rings. The molecule has 0 radical (unpaired) electrons. The summed E-state index contributed by atoms with van der Waals surface area (Å²) >= 11 is 6.70. The molecule has 1 aromatic carbocycles. The second-order valence-electron chi connectivity index (χ2n) is 7.61. The third-order valence-electron chi connectivity index (χ3n) is 5.53. The highest BCUT2D eigenvalue weighted by molar-refractivity contribution is 8.26. The summed E-state index contributed by atoms with van der Waals surface area (Å²) in [5.74, 6) is 1.01. The van der Waals surface area contributed by atoms with Crippen LogP contribution in [0.15, 0.2) is 62.8 Å². The van der Waals surface area contributed by atoms with Crippen LogP contribution in [-0.4, -0.2) is 19.7 Å². The number of carbonyl (C=O) groups is 1. The van der Waals surface area contributed by atoms with Gasteiger partial charge in [0.1, 0.15) is 27.5 Å². The first-order chi connectivity index (χ1) is 16.4. The minimum absolute atomic E-state index is 0.0522. The molecule has 3 aromatic rings. The molecular weight excluding hydrogens is 468 g/mol. The summed E-state index contributed by atoms with van der Waals surface area (Å²) in [6.45, 7) is 4.62. The fourth-order valence-corrected chi connectivity index (χ4v) is 5.01. The zero-order valence-electron chi connectivity index (χ0n) is 18.7. The lowest BCUT2D eigenvalue weighted by molar-refractivity contribution is -0.122. The van der Waals surface area contributed by atoms with Crippen molar-refractivity contribution >= 4 is 46.1 Å². The number of thioether (sulfide) groups is 1. The summed E-state index contributed by atoms with van der Waals surface area (Å²) in [6.07, 6.45) is 3.30. The zero-order valence-corrected chi connectivity index (χ0v) is 20.3. The predicted octanol–water partition coefficient (Wildman–Crippen LogP) is 4.65. The maximum Gasteiger partial charge on any atom is 0.270 e. The van der Waals surface area contributed by atoms with Crippen LogP contribution in [0.1, 0.15) is 34.9 Å². The molecule has 0 unspecified atom stereocenters. The lowest BCUT2D eigenvalue weighted by Gasteiger charge is -2.19. The van der Waals surface area contributed by atoms with E-state index in [9.17, 15) is 14.9 Å². The largest absolute Gasteiger partial charge is 0.467 e. The highest BCUT2D eigenvalue weighted by atomic mass is 32.2. The Morgan fingerprint density at radius 1 is 1.21 bits per heavy atom. The van der Waals surface area contributed by atoms with Crippen molar-refractivity contribution in [2.45, 2.75) is 33.5 Å². The van der Waals surface area contributed by atoms with Crippen molar-refractivity contribution < 1.29 is 9.21 Å². The number of nitrogens with one attached hydrogen (secondary N) is 1. The van der Waals surface area contributed by atoms with E-state index in [1.54, 1.807) is 30.2 Å². The van der Waals surface area contributed by atoms with E-state index >= 15 is 0 Å². The Morgan fingerprint density at radius 2 is 1.97 bits per heavy atom. The molecular formula is C25H22N4O3S2. The number of furan rings is 1. The number of benzene rings is 1. The van der Waals surface area contributed by atoms with E-state index in [1.165, 1.54) is 16.3 Å². The summed E-state index contributed by atoms with van der Waals surface area (Å²) in [6, 6.07) is 15.3. The van der Waals surface area contributed by atoms with Gasteiger partial charge in [-0.25, -0.2) is 0 Å². The molecule has 1 N–H and O–H groups in total. The Bertz CT molecular complexity index is 1370. The van der Waals surface area contributed by atoms with Gasteiger partial charge in [0.25, 0.3) is 11.5 Å². The molecule has 1 amide bonds. The summed E-state index contributed by atoms with van der Waals surface area (Å²) < 4.78 is 7.38. The van der Waals surface area contributed by atoms with Crippen molar-refractivity contribution in [2.24, 2.45) is 0 Å². The van der Waals surface area contributed by atoms with Crippen molar-refractivity contribution in [2.75, 3.05) is 5.32 Å². The zero-order chi connectivity index (χ0) is 24.2. The molecule has 0 bridgehead atoms. The van der Waals surface area contributed by atoms with Gasteiger partial charge in [0, 0.05) is 12.1 Å². The number of carbonyl (C=O) groups excluding carboxylic acids is 1. The quantitative estimate of drug-likeness (QED) is 0.381. The highest BCUT2D eigenvalue weighted by Gasteiger charge is 2.33. The van der Waals surface area contributed by atoms with Crippen LogP contribution < -0.4 is 10.9 Å². The minimum Gasteiger partial charge on any atom is -0.467 e. The maximum absolute atomic E-state index is 13.2. The van der Waals surface area contributed by atoms with Gasteiger partial charge in [0.2, 0.25) is 0 Å². The first kappa shape index (κ1) is 23.5. The van der Waals surface area contributed by atoms with E-state index in [1.807, 2.05) is 49.4 Å². The van der Waals surface area contributed by atoms with Gasteiger partial charge in [-0.05, 0) is 43.2 Å².